The normalized spacial score (nSPS) is 18.5. The topological polar surface area (TPSA) is 64.4 Å². The average Bonchev–Trinajstić information content (AvgIpc) is 2.33. The zero-order valence-electron chi connectivity index (χ0n) is 12.4. The molecule has 0 radical (unpaired) electrons. The van der Waals surface area contributed by atoms with Crippen LogP contribution in [-0.4, -0.2) is 31.2 Å². The zero-order valence-corrected chi connectivity index (χ0v) is 13.2. The lowest BCUT2D eigenvalue weighted by Crippen LogP contribution is -2.49. The van der Waals surface area contributed by atoms with Crippen LogP contribution in [0.5, 0.6) is 0 Å². The van der Waals surface area contributed by atoms with Crippen LogP contribution in [0.1, 0.15) is 52.9 Å². The molecule has 0 spiro atoms. The fourth-order valence-electron chi connectivity index (χ4n) is 2.13. The Hall–Kier alpha value is -0.320. The molecule has 1 aliphatic rings. The van der Waals surface area contributed by atoms with Crippen molar-refractivity contribution in [3.8, 4) is 0 Å². The largest absolute Gasteiger partial charge is 0.376 e. The SMILES string of the molecule is CC(C)(C)[C@H](N)C(=O)NCCOC1CCCCC1.Cl. The molecule has 0 aromatic carbocycles. The van der Waals surface area contributed by atoms with Crippen LogP contribution in [0.3, 0.4) is 0 Å². The summed E-state index contributed by atoms with van der Waals surface area (Å²) in [6.07, 6.45) is 6.59. The fraction of sp³-hybridized carbons (Fsp3) is 0.929. The van der Waals surface area contributed by atoms with Gasteiger partial charge in [-0.1, -0.05) is 40.0 Å². The van der Waals surface area contributed by atoms with Gasteiger partial charge in [0.1, 0.15) is 0 Å². The van der Waals surface area contributed by atoms with Crippen LogP contribution >= 0.6 is 12.4 Å². The molecule has 0 aromatic heterocycles. The molecule has 1 atom stereocenters. The van der Waals surface area contributed by atoms with Gasteiger partial charge >= 0.3 is 0 Å². The summed E-state index contributed by atoms with van der Waals surface area (Å²) >= 11 is 0. The third-order valence-electron chi connectivity index (χ3n) is 3.52. The van der Waals surface area contributed by atoms with Gasteiger partial charge in [0.25, 0.3) is 0 Å². The summed E-state index contributed by atoms with van der Waals surface area (Å²) in [6, 6.07) is -0.466. The van der Waals surface area contributed by atoms with Crippen molar-refractivity contribution >= 4 is 18.3 Å². The number of halogens is 1. The molecule has 5 heteroatoms. The van der Waals surface area contributed by atoms with E-state index in [2.05, 4.69) is 5.32 Å². The summed E-state index contributed by atoms with van der Waals surface area (Å²) in [7, 11) is 0. The molecule has 0 saturated heterocycles. The van der Waals surface area contributed by atoms with E-state index in [4.69, 9.17) is 10.5 Å². The first-order chi connectivity index (χ1) is 8.41. The van der Waals surface area contributed by atoms with Crippen molar-refractivity contribution in [1.29, 1.82) is 0 Å². The van der Waals surface area contributed by atoms with Crippen molar-refractivity contribution < 1.29 is 9.53 Å². The highest BCUT2D eigenvalue weighted by Gasteiger charge is 2.27. The molecule has 1 fully saturated rings. The van der Waals surface area contributed by atoms with E-state index in [1.165, 1.54) is 19.3 Å². The van der Waals surface area contributed by atoms with Gasteiger partial charge in [0.15, 0.2) is 0 Å². The predicted octanol–water partition coefficient (Wildman–Crippen LogP) is 2.25. The first-order valence-corrected chi connectivity index (χ1v) is 7.06. The Labute approximate surface area is 123 Å². The lowest BCUT2D eigenvalue weighted by atomic mass is 9.87. The van der Waals surface area contributed by atoms with Gasteiger partial charge in [-0.2, -0.15) is 0 Å². The predicted molar refractivity (Wildman–Crippen MR) is 80.5 cm³/mol. The highest BCUT2D eigenvalue weighted by Crippen LogP contribution is 2.20. The molecule has 1 aliphatic carbocycles. The maximum absolute atomic E-state index is 11.7. The van der Waals surface area contributed by atoms with Crippen LogP contribution in [0, 0.1) is 5.41 Å². The van der Waals surface area contributed by atoms with E-state index >= 15 is 0 Å². The third-order valence-corrected chi connectivity index (χ3v) is 3.52. The van der Waals surface area contributed by atoms with E-state index in [1.54, 1.807) is 0 Å². The molecule has 0 bridgehead atoms. The lowest BCUT2D eigenvalue weighted by Gasteiger charge is -2.26. The Balaban J connectivity index is 0.00000324. The standard InChI is InChI=1S/C14H28N2O2.ClH/c1-14(2,3)12(15)13(17)16-9-10-18-11-7-5-4-6-8-11;/h11-12H,4-10,15H2,1-3H3,(H,16,17);1H/t12-;/m1./s1. The second-order valence-corrected chi connectivity index (χ2v) is 6.27. The maximum Gasteiger partial charge on any atom is 0.237 e. The molecule has 1 saturated carbocycles. The van der Waals surface area contributed by atoms with Gasteiger partial charge < -0.3 is 15.8 Å². The summed E-state index contributed by atoms with van der Waals surface area (Å²) in [5.41, 5.74) is 5.67. The monoisotopic (exact) mass is 292 g/mol. The van der Waals surface area contributed by atoms with Gasteiger partial charge in [0, 0.05) is 6.54 Å². The molecule has 1 amide bonds. The molecule has 0 aromatic rings. The van der Waals surface area contributed by atoms with Crippen LogP contribution < -0.4 is 11.1 Å². The Morgan fingerprint density at radius 3 is 2.42 bits per heavy atom. The zero-order chi connectivity index (χ0) is 13.6. The van der Waals surface area contributed by atoms with Crippen molar-refractivity contribution in [3.05, 3.63) is 0 Å². The minimum absolute atomic E-state index is 0. The van der Waals surface area contributed by atoms with E-state index in [9.17, 15) is 4.79 Å². The molecular weight excluding hydrogens is 264 g/mol. The molecular formula is C14H29ClN2O2. The third kappa shape index (κ3) is 7.14. The Kier molecular flexibility index (Phi) is 8.62. The lowest BCUT2D eigenvalue weighted by molar-refractivity contribution is -0.124. The summed E-state index contributed by atoms with van der Waals surface area (Å²) < 4.78 is 5.74. The number of carbonyl (C=O) groups is 1. The molecule has 1 rings (SSSR count). The van der Waals surface area contributed by atoms with Gasteiger partial charge in [0.05, 0.1) is 18.8 Å². The van der Waals surface area contributed by atoms with Crippen molar-refractivity contribution in [2.24, 2.45) is 11.1 Å². The van der Waals surface area contributed by atoms with Crippen molar-refractivity contribution in [3.63, 3.8) is 0 Å². The van der Waals surface area contributed by atoms with E-state index in [0.29, 0.717) is 19.3 Å². The van der Waals surface area contributed by atoms with Crippen LogP contribution in [0.15, 0.2) is 0 Å². The number of hydrogen-bond acceptors (Lipinski definition) is 3. The number of ether oxygens (including phenoxy) is 1. The second-order valence-electron chi connectivity index (χ2n) is 6.27. The number of nitrogens with two attached hydrogens (primary N) is 1. The molecule has 0 aliphatic heterocycles. The maximum atomic E-state index is 11.7. The Morgan fingerprint density at radius 2 is 1.89 bits per heavy atom. The number of rotatable bonds is 5. The minimum atomic E-state index is -0.466. The summed E-state index contributed by atoms with van der Waals surface area (Å²) in [5.74, 6) is -0.0882. The highest BCUT2D eigenvalue weighted by atomic mass is 35.5. The molecule has 114 valence electrons. The van der Waals surface area contributed by atoms with Gasteiger partial charge in [-0.15, -0.1) is 12.4 Å². The second kappa shape index (κ2) is 8.77. The minimum Gasteiger partial charge on any atom is -0.376 e. The first-order valence-electron chi connectivity index (χ1n) is 7.06. The highest BCUT2D eigenvalue weighted by molar-refractivity contribution is 5.85. The van der Waals surface area contributed by atoms with Crippen LogP contribution in [-0.2, 0) is 9.53 Å². The first kappa shape index (κ1) is 18.7. The van der Waals surface area contributed by atoms with Crippen molar-refractivity contribution in [2.45, 2.75) is 65.0 Å². The molecule has 0 heterocycles. The van der Waals surface area contributed by atoms with E-state index in [-0.39, 0.29) is 23.7 Å². The Morgan fingerprint density at radius 1 is 1.32 bits per heavy atom. The summed E-state index contributed by atoms with van der Waals surface area (Å²) in [6.45, 7) is 7.05. The average molecular weight is 293 g/mol. The van der Waals surface area contributed by atoms with E-state index in [0.717, 1.165) is 12.8 Å². The van der Waals surface area contributed by atoms with Gasteiger partial charge in [-0.05, 0) is 18.3 Å². The summed E-state index contributed by atoms with van der Waals surface area (Å²) in [5, 5.41) is 2.84. The Bertz CT molecular complexity index is 261. The van der Waals surface area contributed by atoms with Gasteiger partial charge in [0.2, 0.25) is 5.91 Å². The number of carbonyl (C=O) groups excluding carboxylic acids is 1. The summed E-state index contributed by atoms with van der Waals surface area (Å²) in [4.78, 5) is 11.7. The number of nitrogens with one attached hydrogen (secondary N) is 1. The number of amides is 1. The molecule has 0 unspecified atom stereocenters. The molecule has 19 heavy (non-hydrogen) atoms. The smallest absolute Gasteiger partial charge is 0.237 e. The van der Waals surface area contributed by atoms with Crippen molar-refractivity contribution in [1.82, 2.24) is 5.32 Å². The van der Waals surface area contributed by atoms with Crippen LogP contribution in [0.4, 0.5) is 0 Å². The van der Waals surface area contributed by atoms with Gasteiger partial charge in [-0.3, -0.25) is 4.79 Å². The quantitative estimate of drug-likeness (QED) is 0.764. The number of hydrogen-bond donors (Lipinski definition) is 2. The van der Waals surface area contributed by atoms with Crippen LogP contribution in [0.2, 0.25) is 0 Å². The molecule has 3 N–H and O–H groups in total. The van der Waals surface area contributed by atoms with E-state index in [1.807, 2.05) is 20.8 Å². The van der Waals surface area contributed by atoms with Gasteiger partial charge in [-0.25, -0.2) is 0 Å². The molecule has 4 nitrogen and oxygen atoms in total. The van der Waals surface area contributed by atoms with E-state index < -0.39 is 6.04 Å². The fourth-order valence-corrected chi connectivity index (χ4v) is 2.13. The van der Waals surface area contributed by atoms with Crippen molar-refractivity contribution in [2.75, 3.05) is 13.2 Å². The van der Waals surface area contributed by atoms with Crippen LogP contribution in [0.25, 0.3) is 0 Å².